The van der Waals surface area contributed by atoms with Crippen molar-refractivity contribution in [3.8, 4) is 11.4 Å². The SMILES string of the molecule is COC(=O)CC1(C)C(=O)n2c(nc3ccccc32)-c2c(Br)cccc21. The molecule has 4 rings (SSSR count). The van der Waals surface area contributed by atoms with Crippen LogP contribution in [0.15, 0.2) is 46.9 Å². The number of hydrogen-bond donors (Lipinski definition) is 0. The predicted molar refractivity (Wildman–Crippen MR) is 97.5 cm³/mol. The van der Waals surface area contributed by atoms with E-state index in [1.807, 2.05) is 42.5 Å². The average molecular weight is 399 g/mol. The van der Waals surface area contributed by atoms with Gasteiger partial charge >= 0.3 is 5.97 Å². The van der Waals surface area contributed by atoms with Gasteiger partial charge in [-0.3, -0.25) is 14.2 Å². The fourth-order valence-electron chi connectivity index (χ4n) is 3.50. The summed E-state index contributed by atoms with van der Waals surface area (Å²) in [5, 5.41) is 0. The summed E-state index contributed by atoms with van der Waals surface area (Å²) in [5.74, 6) is -0.00198. The maximum atomic E-state index is 13.4. The fraction of sp³-hybridized carbons (Fsp3) is 0.211. The van der Waals surface area contributed by atoms with Crippen molar-refractivity contribution < 1.29 is 14.3 Å². The molecule has 1 aliphatic rings. The van der Waals surface area contributed by atoms with Gasteiger partial charge in [0.15, 0.2) is 0 Å². The lowest BCUT2D eigenvalue weighted by Crippen LogP contribution is -2.42. The highest BCUT2D eigenvalue weighted by molar-refractivity contribution is 9.10. The molecule has 0 saturated carbocycles. The lowest BCUT2D eigenvalue weighted by Gasteiger charge is -2.34. The molecule has 2 aromatic carbocycles. The molecule has 0 aliphatic carbocycles. The molecule has 1 atom stereocenters. The lowest BCUT2D eigenvalue weighted by atomic mass is 9.74. The quantitative estimate of drug-likeness (QED) is 0.613. The van der Waals surface area contributed by atoms with Crippen LogP contribution >= 0.6 is 15.9 Å². The molecule has 1 aliphatic heterocycles. The Kier molecular flexibility index (Phi) is 3.54. The summed E-state index contributed by atoms with van der Waals surface area (Å²) in [4.78, 5) is 30.1. The second kappa shape index (κ2) is 5.52. The van der Waals surface area contributed by atoms with Gasteiger partial charge in [0.1, 0.15) is 5.82 Å². The molecule has 0 N–H and O–H groups in total. The number of halogens is 1. The van der Waals surface area contributed by atoms with E-state index in [9.17, 15) is 9.59 Å². The number of nitrogens with zero attached hydrogens (tertiary/aromatic N) is 2. The topological polar surface area (TPSA) is 61.2 Å². The molecule has 25 heavy (non-hydrogen) atoms. The van der Waals surface area contributed by atoms with Crippen molar-refractivity contribution in [2.24, 2.45) is 0 Å². The zero-order chi connectivity index (χ0) is 17.8. The first-order valence-electron chi connectivity index (χ1n) is 7.86. The van der Waals surface area contributed by atoms with Crippen LogP contribution in [0.2, 0.25) is 0 Å². The predicted octanol–water partition coefficient (Wildman–Crippen LogP) is 3.94. The number of fused-ring (bicyclic) bond motifs is 5. The van der Waals surface area contributed by atoms with Crippen molar-refractivity contribution in [2.45, 2.75) is 18.8 Å². The van der Waals surface area contributed by atoms with Crippen LogP contribution < -0.4 is 0 Å². The van der Waals surface area contributed by atoms with Crippen LogP contribution in [-0.2, 0) is 14.9 Å². The van der Waals surface area contributed by atoms with E-state index in [2.05, 4.69) is 20.9 Å². The number of rotatable bonds is 2. The molecule has 3 aromatic rings. The highest BCUT2D eigenvalue weighted by Crippen LogP contribution is 2.46. The zero-order valence-corrected chi connectivity index (χ0v) is 15.3. The average Bonchev–Trinajstić information content (AvgIpc) is 2.99. The van der Waals surface area contributed by atoms with Crippen molar-refractivity contribution in [2.75, 3.05) is 7.11 Å². The third kappa shape index (κ3) is 2.17. The van der Waals surface area contributed by atoms with Crippen molar-refractivity contribution >= 4 is 38.8 Å². The maximum Gasteiger partial charge on any atom is 0.306 e. The fourth-order valence-corrected chi connectivity index (χ4v) is 4.05. The van der Waals surface area contributed by atoms with Gasteiger partial charge in [0, 0.05) is 10.0 Å². The third-order valence-corrected chi connectivity index (χ3v) is 5.45. The van der Waals surface area contributed by atoms with E-state index >= 15 is 0 Å². The first kappa shape index (κ1) is 16.0. The molecular weight excluding hydrogens is 384 g/mol. The zero-order valence-electron chi connectivity index (χ0n) is 13.7. The van der Waals surface area contributed by atoms with E-state index in [0.717, 1.165) is 26.6 Å². The van der Waals surface area contributed by atoms with Crippen LogP contribution in [0.25, 0.3) is 22.4 Å². The number of carbonyl (C=O) groups is 2. The van der Waals surface area contributed by atoms with Gasteiger partial charge in [-0.25, -0.2) is 4.98 Å². The van der Waals surface area contributed by atoms with Crippen LogP contribution in [0, 0.1) is 0 Å². The number of esters is 1. The maximum absolute atomic E-state index is 13.4. The highest BCUT2D eigenvalue weighted by Gasteiger charge is 2.46. The van der Waals surface area contributed by atoms with Gasteiger partial charge in [0.05, 0.1) is 30.0 Å². The number of ether oxygens (including phenoxy) is 1. The Hall–Kier alpha value is -2.47. The monoisotopic (exact) mass is 398 g/mol. The number of aromatic nitrogens is 2. The van der Waals surface area contributed by atoms with E-state index in [1.54, 1.807) is 11.5 Å². The molecule has 0 saturated heterocycles. The minimum atomic E-state index is -1.03. The van der Waals surface area contributed by atoms with Crippen molar-refractivity contribution in [1.82, 2.24) is 9.55 Å². The molecule has 2 heterocycles. The molecule has 0 amide bonds. The second-order valence-corrected chi connectivity index (χ2v) is 7.17. The van der Waals surface area contributed by atoms with Gasteiger partial charge in [0.2, 0.25) is 5.91 Å². The lowest BCUT2D eigenvalue weighted by molar-refractivity contribution is -0.141. The summed E-state index contributed by atoms with van der Waals surface area (Å²) in [7, 11) is 1.33. The minimum absolute atomic E-state index is 0.0300. The summed E-state index contributed by atoms with van der Waals surface area (Å²) < 4.78 is 7.30. The number of carbonyl (C=O) groups excluding carboxylic acids is 2. The molecule has 0 fully saturated rings. The molecule has 5 nitrogen and oxygen atoms in total. The van der Waals surface area contributed by atoms with Gasteiger partial charge in [-0.15, -0.1) is 0 Å². The van der Waals surface area contributed by atoms with Crippen LogP contribution in [0.1, 0.15) is 23.7 Å². The van der Waals surface area contributed by atoms with Gasteiger partial charge in [-0.05, 0) is 30.7 Å². The van der Waals surface area contributed by atoms with E-state index in [1.165, 1.54) is 7.11 Å². The molecular formula is C19H15BrN2O3. The van der Waals surface area contributed by atoms with Gasteiger partial charge in [-0.1, -0.05) is 40.2 Å². The van der Waals surface area contributed by atoms with Crippen LogP contribution in [0.5, 0.6) is 0 Å². The van der Waals surface area contributed by atoms with Crippen molar-refractivity contribution in [3.05, 3.63) is 52.5 Å². The number of imidazole rings is 1. The number of hydrogen-bond acceptors (Lipinski definition) is 4. The smallest absolute Gasteiger partial charge is 0.306 e. The van der Waals surface area contributed by atoms with E-state index in [0.29, 0.717) is 5.82 Å². The molecule has 0 spiro atoms. The Labute approximate surface area is 152 Å². The Bertz CT molecular complexity index is 1040. The van der Waals surface area contributed by atoms with Crippen LogP contribution in [0.3, 0.4) is 0 Å². The molecule has 1 unspecified atom stereocenters. The van der Waals surface area contributed by atoms with Crippen LogP contribution in [0.4, 0.5) is 0 Å². The van der Waals surface area contributed by atoms with Crippen molar-refractivity contribution in [3.63, 3.8) is 0 Å². The molecule has 1 aromatic heterocycles. The Morgan fingerprint density at radius 3 is 2.76 bits per heavy atom. The van der Waals surface area contributed by atoms with Crippen molar-refractivity contribution in [1.29, 1.82) is 0 Å². The first-order chi connectivity index (χ1) is 12.0. The Morgan fingerprint density at radius 2 is 2.00 bits per heavy atom. The highest BCUT2D eigenvalue weighted by atomic mass is 79.9. The number of methoxy groups -OCH3 is 1. The number of benzene rings is 2. The van der Waals surface area contributed by atoms with E-state index < -0.39 is 11.4 Å². The molecule has 0 bridgehead atoms. The summed E-state index contributed by atoms with van der Waals surface area (Å²) in [5.41, 5.74) is 2.07. The van der Waals surface area contributed by atoms with Gasteiger partial charge < -0.3 is 4.74 Å². The Morgan fingerprint density at radius 1 is 1.24 bits per heavy atom. The van der Waals surface area contributed by atoms with E-state index in [4.69, 9.17) is 4.74 Å². The molecule has 6 heteroatoms. The minimum Gasteiger partial charge on any atom is -0.469 e. The standard InChI is InChI=1S/C19H15BrN2O3/c1-19(10-15(23)25-2)11-6-5-7-12(20)16(11)17-21-13-8-3-4-9-14(13)22(17)18(19)24/h3-9H,10H2,1-2H3. The van der Waals surface area contributed by atoms with Crippen LogP contribution in [-0.4, -0.2) is 28.5 Å². The van der Waals surface area contributed by atoms with Gasteiger partial charge in [0.25, 0.3) is 0 Å². The number of para-hydroxylation sites is 2. The largest absolute Gasteiger partial charge is 0.469 e. The molecule has 126 valence electrons. The summed E-state index contributed by atoms with van der Waals surface area (Å²) in [6.07, 6.45) is -0.0300. The summed E-state index contributed by atoms with van der Waals surface area (Å²) >= 11 is 3.58. The normalized spacial score (nSPS) is 18.8. The van der Waals surface area contributed by atoms with E-state index in [-0.39, 0.29) is 12.3 Å². The molecule has 0 radical (unpaired) electrons. The summed E-state index contributed by atoms with van der Waals surface area (Å²) in [6, 6.07) is 13.2. The summed E-state index contributed by atoms with van der Waals surface area (Å²) in [6.45, 7) is 1.79. The Balaban J connectivity index is 2.09. The third-order valence-electron chi connectivity index (χ3n) is 4.79. The van der Waals surface area contributed by atoms with Gasteiger partial charge in [-0.2, -0.15) is 0 Å². The second-order valence-electron chi connectivity index (χ2n) is 6.31. The first-order valence-corrected chi connectivity index (χ1v) is 8.65.